The second-order valence-electron chi connectivity index (χ2n) is 13.1. The molecule has 2 saturated heterocycles. The van der Waals surface area contributed by atoms with Gasteiger partial charge in [-0.05, 0) is 83.4 Å². The van der Waals surface area contributed by atoms with Crippen LogP contribution in [0.15, 0.2) is 129 Å². The predicted octanol–water partition coefficient (Wildman–Crippen LogP) is 6.05. The number of ether oxygens (including phenoxy) is 2. The molecule has 2 aliphatic carbocycles. The molecule has 2 amide bonds. The molecule has 2 N–H and O–H groups in total. The summed E-state index contributed by atoms with van der Waals surface area (Å²) >= 11 is 0. The first-order valence-corrected chi connectivity index (χ1v) is 18.0. The Labute approximate surface area is 304 Å². The second-order valence-corrected chi connectivity index (χ2v) is 13.1. The van der Waals surface area contributed by atoms with Gasteiger partial charge in [0, 0.05) is 37.6 Å². The minimum Gasteiger partial charge on any atom is -0.378 e. The number of rotatable bonds is 10. The SMILES string of the molecule is O=C(N/N=C/C1=C(N2CCOCC2)C(=C\c2ccccc2)/CC1)c1ccccc1C(=O)N/N=C/C1=C(N2CCOCC2)C(=C\c2ccccc2)/CC1. The Morgan fingerprint density at radius 2 is 0.923 bits per heavy atom. The number of morpholine rings is 2. The van der Waals surface area contributed by atoms with E-state index in [4.69, 9.17) is 9.47 Å². The summed E-state index contributed by atoms with van der Waals surface area (Å²) in [6, 6.07) is 27.3. The lowest BCUT2D eigenvalue weighted by Crippen LogP contribution is -2.36. The molecule has 266 valence electrons. The molecule has 2 heterocycles. The number of carbonyl (C=O) groups excluding carboxylic acids is 2. The Morgan fingerprint density at radius 1 is 0.538 bits per heavy atom. The summed E-state index contributed by atoms with van der Waals surface area (Å²) < 4.78 is 11.2. The van der Waals surface area contributed by atoms with Crippen LogP contribution in [0.5, 0.6) is 0 Å². The van der Waals surface area contributed by atoms with E-state index in [1.807, 2.05) is 36.4 Å². The summed E-state index contributed by atoms with van der Waals surface area (Å²) in [5.74, 6) is -0.942. The molecule has 2 fully saturated rings. The molecular formula is C42H44N6O4. The average Bonchev–Trinajstić information content (AvgIpc) is 3.79. The van der Waals surface area contributed by atoms with Crippen molar-refractivity contribution in [3.05, 3.63) is 141 Å². The van der Waals surface area contributed by atoms with Crippen molar-refractivity contribution in [2.45, 2.75) is 25.7 Å². The smallest absolute Gasteiger partial charge is 0.272 e. The van der Waals surface area contributed by atoms with E-state index in [1.165, 1.54) is 11.1 Å². The Hall–Kier alpha value is -5.58. The van der Waals surface area contributed by atoms with Crippen LogP contribution >= 0.6 is 0 Å². The zero-order chi connectivity index (χ0) is 35.5. The van der Waals surface area contributed by atoms with Crippen LogP contribution < -0.4 is 10.9 Å². The highest BCUT2D eigenvalue weighted by molar-refractivity contribution is 6.07. The van der Waals surface area contributed by atoms with E-state index in [1.54, 1.807) is 36.7 Å². The van der Waals surface area contributed by atoms with Gasteiger partial charge in [0.1, 0.15) is 0 Å². The Balaban J connectivity index is 1.05. The molecule has 10 nitrogen and oxygen atoms in total. The van der Waals surface area contributed by atoms with Crippen LogP contribution in [0.4, 0.5) is 0 Å². The fourth-order valence-corrected chi connectivity index (χ4v) is 7.18. The number of amides is 2. The third kappa shape index (κ3) is 8.47. The first-order chi connectivity index (χ1) is 25.6. The molecule has 2 aliphatic heterocycles. The van der Waals surface area contributed by atoms with Crippen LogP contribution in [-0.4, -0.2) is 86.6 Å². The lowest BCUT2D eigenvalue weighted by molar-refractivity contribution is 0.0548. The molecule has 0 spiro atoms. The first-order valence-electron chi connectivity index (χ1n) is 18.0. The van der Waals surface area contributed by atoms with Crippen molar-refractivity contribution >= 4 is 36.4 Å². The lowest BCUT2D eigenvalue weighted by atomic mass is 10.1. The summed E-state index contributed by atoms with van der Waals surface area (Å²) in [6.07, 6.45) is 11.3. The van der Waals surface area contributed by atoms with Crippen LogP contribution in [0.2, 0.25) is 0 Å². The highest BCUT2D eigenvalue weighted by atomic mass is 16.5. The quantitative estimate of drug-likeness (QED) is 0.198. The van der Waals surface area contributed by atoms with Gasteiger partial charge in [0.25, 0.3) is 11.8 Å². The molecule has 0 aromatic heterocycles. The van der Waals surface area contributed by atoms with Gasteiger partial charge in [0.15, 0.2) is 0 Å². The van der Waals surface area contributed by atoms with Gasteiger partial charge in [-0.15, -0.1) is 0 Å². The number of carbonyl (C=O) groups is 2. The standard InChI is InChI=1S/C42H44N6O4/c49-41(45-43-29-35-17-15-33(27-31-9-3-1-4-10-31)39(35)47-19-23-51-24-20-47)37-13-7-8-14-38(37)42(50)46-44-30-36-18-16-34(28-32-11-5-2-6-12-32)40(36)48-21-25-52-26-22-48/h1-14,27-30H,15-26H2,(H,45,49)(H,46,50)/b33-27-,34-28-,43-29+,44-30+. The summed E-state index contributed by atoms with van der Waals surface area (Å²) in [5.41, 5.74) is 15.0. The third-order valence-electron chi connectivity index (χ3n) is 9.67. The zero-order valence-electron chi connectivity index (χ0n) is 29.3. The second kappa shape index (κ2) is 17.1. The van der Waals surface area contributed by atoms with Crippen LogP contribution in [0.1, 0.15) is 57.5 Å². The van der Waals surface area contributed by atoms with Crippen LogP contribution in [0.25, 0.3) is 12.2 Å². The summed E-state index contributed by atoms with van der Waals surface area (Å²) in [6.45, 7) is 5.88. The van der Waals surface area contributed by atoms with Crippen molar-refractivity contribution in [3.63, 3.8) is 0 Å². The monoisotopic (exact) mass is 696 g/mol. The van der Waals surface area contributed by atoms with Gasteiger partial charge < -0.3 is 19.3 Å². The van der Waals surface area contributed by atoms with Gasteiger partial charge in [-0.25, -0.2) is 10.9 Å². The number of hydrogen-bond donors (Lipinski definition) is 2. The summed E-state index contributed by atoms with van der Waals surface area (Å²) in [7, 11) is 0. The number of benzene rings is 3. The van der Waals surface area contributed by atoms with Gasteiger partial charge >= 0.3 is 0 Å². The minimum absolute atomic E-state index is 0.216. The molecule has 3 aromatic carbocycles. The van der Waals surface area contributed by atoms with Crippen molar-refractivity contribution in [3.8, 4) is 0 Å². The van der Waals surface area contributed by atoms with Crippen LogP contribution in [0, 0.1) is 0 Å². The van der Waals surface area contributed by atoms with Crippen LogP contribution in [0.3, 0.4) is 0 Å². The molecule has 3 aromatic rings. The molecule has 10 heteroatoms. The molecule has 0 radical (unpaired) electrons. The van der Waals surface area contributed by atoms with E-state index in [-0.39, 0.29) is 11.1 Å². The molecule has 0 unspecified atom stereocenters. The highest BCUT2D eigenvalue weighted by Gasteiger charge is 2.27. The predicted molar refractivity (Wildman–Crippen MR) is 205 cm³/mol. The largest absolute Gasteiger partial charge is 0.378 e. The van der Waals surface area contributed by atoms with E-state index in [0.717, 1.165) is 85.5 Å². The van der Waals surface area contributed by atoms with Gasteiger partial charge in [-0.3, -0.25) is 9.59 Å². The van der Waals surface area contributed by atoms with Crippen molar-refractivity contribution < 1.29 is 19.1 Å². The molecule has 0 bridgehead atoms. The number of nitrogens with zero attached hydrogens (tertiary/aromatic N) is 4. The van der Waals surface area contributed by atoms with Gasteiger partial charge in [0.05, 0.1) is 50.0 Å². The van der Waals surface area contributed by atoms with E-state index in [2.05, 4.69) is 67.3 Å². The molecule has 0 saturated carbocycles. The third-order valence-corrected chi connectivity index (χ3v) is 9.67. The Morgan fingerprint density at radius 3 is 1.33 bits per heavy atom. The van der Waals surface area contributed by atoms with E-state index >= 15 is 0 Å². The average molecular weight is 697 g/mol. The van der Waals surface area contributed by atoms with Crippen molar-refractivity contribution in [2.24, 2.45) is 10.2 Å². The fourth-order valence-electron chi connectivity index (χ4n) is 7.18. The highest BCUT2D eigenvalue weighted by Crippen LogP contribution is 2.36. The van der Waals surface area contributed by atoms with E-state index in [9.17, 15) is 9.59 Å². The molecular weight excluding hydrogens is 652 g/mol. The van der Waals surface area contributed by atoms with Gasteiger partial charge in [0.2, 0.25) is 0 Å². The minimum atomic E-state index is -0.471. The van der Waals surface area contributed by atoms with Crippen LogP contribution in [-0.2, 0) is 9.47 Å². The van der Waals surface area contributed by atoms with E-state index < -0.39 is 11.8 Å². The molecule has 0 atom stereocenters. The van der Waals surface area contributed by atoms with Gasteiger partial charge in [-0.2, -0.15) is 10.2 Å². The molecule has 7 rings (SSSR count). The molecule has 52 heavy (non-hydrogen) atoms. The number of hydrogen-bond acceptors (Lipinski definition) is 8. The normalized spacial score (nSPS) is 19.8. The number of allylic oxidation sites excluding steroid dienone is 4. The van der Waals surface area contributed by atoms with Crippen molar-refractivity contribution in [1.82, 2.24) is 20.7 Å². The number of hydrazone groups is 2. The van der Waals surface area contributed by atoms with E-state index in [0.29, 0.717) is 26.4 Å². The zero-order valence-corrected chi connectivity index (χ0v) is 29.3. The maximum absolute atomic E-state index is 13.4. The van der Waals surface area contributed by atoms with Gasteiger partial charge in [-0.1, -0.05) is 72.8 Å². The Kier molecular flexibility index (Phi) is 11.5. The number of nitrogens with one attached hydrogen (secondary N) is 2. The fraction of sp³-hybridized carbons (Fsp3) is 0.286. The summed E-state index contributed by atoms with van der Waals surface area (Å²) in [5, 5.41) is 8.73. The van der Waals surface area contributed by atoms with Crippen molar-refractivity contribution in [2.75, 3.05) is 52.6 Å². The topological polar surface area (TPSA) is 108 Å². The lowest BCUT2D eigenvalue weighted by Gasteiger charge is -2.31. The van der Waals surface area contributed by atoms with Crippen molar-refractivity contribution in [1.29, 1.82) is 0 Å². The maximum atomic E-state index is 13.4. The summed E-state index contributed by atoms with van der Waals surface area (Å²) in [4.78, 5) is 31.5. The first kappa shape index (κ1) is 34.9. The Bertz CT molecular complexity index is 1790. The maximum Gasteiger partial charge on any atom is 0.272 e. The molecule has 4 aliphatic rings.